The molecule has 7 rings (SSSR count). The summed E-state index contributed by atoms with van der Waals surface area (Å²) in [6.07, 6.45) is 5.52. The molecule has 0 amide bonds. The van der Waals surface area contributed by atoms with E-state index in [-0.39, 0.29) is 30.8 Å². The van der Waals surface area contributed by atoms with Crippen LogP contribution in [0, 0.1) is 17.8 Å². The van der Waals surface area contributed by atoms with Crippen LogP contribution in [-0.2, 0) is 52.2 Å². The van der Waals surface area contributed by atoms with Crippen LogP contribution in [0.1, 0.15) is 93.4 Å². The maximum absolute atomic E-state index is 14.2. The Balaban J connectivity index is 1.16. The Morgan fingerprint density at radius 2 is 1.56 bits per heavy atom. The van der Waals surface area contributed by atoms with Gasteiger partial charge in [-0.05, 0) is 70.1 Å². The van der Waals surface area contributed by atoms with Crippen molar-refractivity contribution in [2.45, 2.75) is 191 Å². The molecule has 7 aliphatic rings. The topological polar surface area (TPSA) is 170 Å². The van der Waals surface area contributed by atoms with Crippen LogP contribution in [0.5, 0.6) is 0 Å². The molecule has 1 spiro atoms. The fourth-order valence-corrected chi connectivity index (χ4v) is 10.2. The average Bonchev–Trinajstić information content (AvgIpc) is 3.53. The highest BCUT2D eigenvalue weighted by Crippen LogP contribution is 2.47. The molecule has 332 valence electrons. The Bertz CT molecular complexity index is 1610. The number of fused-ring (bicyclic) bond motifs is 2. The molecule has 0 saturated carbocycles. The van der Waals surface area contributed by atoms with Gasteiger partial charge in [0.1, 0.15) is 42.0 Å². The van der Waals surface area contributed by atoms with E-state index in [2.05, 4.69) is 26.8 Å². The van der Waals surface area contributed by atoms with E-state index in [0.717, 1.165) is 12.0 Å². The van der Waals surface area contributed by atoms with Gasteiger partial charge in [-0.25, -0.2) is 0 Å². The Kier molecular flexibility index (Phi) is 14.0. The van der Waals surface area contributed by atoms with Crippen molar-refractivity contribution in [1.29, 1.82) is 0 Å². The van der Waals surface area contributed by atoms with Gasteiger partial charge in [-0.1, -0.05) is 44.2 Å². The monoisotopic (exact) mass is 832 g/mol. The number of carbonyl (C=O) groups is 1. The van der Waals surface area contributed by atoms with Crippen molar-refractivity contribution in [3.05, 3.63) is 47.1 Å². The van der Waals surface area contributed by atoms with Crippen LogP contribution in [0.25, 0.3) is 0 Å². The molecular formula is C45H68O14. The molecule has 1 aliphatic carbocycles. The largest absolute Gasteiger partial charge is 0.462 e. The number of hydrogen-bond acceptors (Lipinski definition) is 14. The van der Waals surface area contributed by atoms with Crippen LogP contribution in [-0.4, -0.2) is 139 Å². The molecule has 0 unspecified atom stereocenters. The minimum absolute atomic E-state index is 0.0395. The summed E-state index contributed by atoms with van der Waals surface area (Å²) in [6.45, 7) is 13.9. The molecular weight excluding hydrogens is 764 g/mol. The lowest BCUT2D eigenvalue weighted by molar-refractivity contribution is -0.332. The maximum atomic E-state index is 14.2. The zero-order valence-electron chi connectivity index (χ0n) is 36.2. The molecule has 19 atom stereocenters. The molecule has 5 fully saturated rings. The third-order valence-corrected chi connectivity index (χ3v) is 14.0. The van der Waals surface area contributed by atoms with Crippen LogP contribution in [0.3, 0.4) is 0 Å². The van der Waals surface area contributed by atoms with Gasteiger partial charge in [-0.15, -0.1) is 0 Å². The molecule has 0 radical (unpaired) electrons. The van der Waals surface area contributed by atoms with E-state index in [1.54, 1.807) is 40.2 Å². The summed E-state index contributed by atoms with van der Waals surface area (Å²) >= 11 is 0. The second kappa shape index (κ2) is 18.4. The number of esters is 1. The second-order valence-electron chi connectivity index (χ2n) is 18.2. The Labute approximate surface area is 349 Å². The Morgan fingerprint density at radius 1 is 0.847 bits per heavy atom. The first-order valence-electron chi connectivity index (χ1n) is 21.7. The average molecular weight is 833 g/mol. The van der Waals surface area contributed by atoms with Gasteiger partial charge in [0.15, 0.2) is 18.4 Å². The summed E-state index contributed by atoms with van der Waals surface area (Å²) in [4.78, 5) is 14.2. The van der Waals surface area contributed by atoms with Gasteiger partial charge in [0, 0.05) is 52.2 Å². The van der Waals surface area contributed by atoms with Crippen molar-refractivity contribution >= 4 is 5.97 Å². The molecule has 59 heavy (non-hydrogen) atoms. The molecule has 2 bridgehead atoms. The highest BCUT2D eigenvalue weighted by atomic mass is 16.7. The van der Waals surface area contributed by atoms with Gasteiger partial charge in [-0.2, -0.15) is 0 Å². The number of allylic oxidation sites excluding steroid dienone is 2. The lowest BCUT2D eigenvalue weighted by Gasteiger charge is -2.49. The van der Waals surface area contributed by atoms with Crippen molar-refractivity contribution in [1.82, 2.24) is 0 Å². The minimum Gasteiger partial charge on any atom is -0.462 e. The number of ether oxygens (including phenoxy) is 10. The van der Waals surface area contributed by atoms with Crippen molar-refractivity contribution in [3.63, 3.8) is 0 Å². The summed E-state index contributed by atoms with van der Waals surface area (Å²) < 4.78 is 63.2. The predicted molar refractivity (Wildman–Crippen MR) is 214 cm³/mol. The van der Waals surface area contributed by atoms with Crippen LogP contribution in [0.4, 0.5) is 0 Å². The van der Waals surface area contributed by atoms with E-state index in [0.29, 0.717) is 55.6 Å². The third-order valence-electron chi connectivity index (χ3n) is 14.0. The predicted octanol–water partition coefficient (Wildman–Crippen LogP) is 4.58. The van der Waals surface area contributed by atoms with E-state index < -0.39 is 90.8 Å². The fraction of sp³-hybridized carbons (Fsp3) is 0.800. The number of carbonyl (C=O) groups excluding carboxylic acids is 1. The lowest BCUT2D eigenvalue weighted by atomic mass is 9.71. The number of rotatable bonds is 6. The highest BCUT2D eigenvalue weighted by Gasteiger charge is 2.60. The van der Waals surface area contributed by atoms with Crippen molar-refractivity contribution < 1.29 is 67.5 Å². The Morgan fingerprint density at radius 3 is 2.29 bits per heavy atom. The molecule has 6 heterocycles. The van der Waals surface area contributed by atoms with Gasteiger partial charge < -0.3 is 62.7 Å². The van der Waals surface area contributed by atoms with Gasteiger partial charge in [0.05, 0.1) is 49.3 Å². The number of methoxy groups -OCH3 is 2. The van der Waals surface area contributed by atoms with Crippen molar-refractivity contribution in [2.24, 2.45) is 17.8 Å². The van der Waals surface area contributed by atoms with Crippen molar-refractivity contribution in [2.75, 3.05) is 20.8 Å². The molecule has 14 nitrogen and oxygen atoms in total. The zero-order chi connectivity index (χ0) is 42.4. The fourth-order valence-electron chi connectivity index (χ4n) is 10.2. The van der Waals surface area contributed by atoms with E-state index in [9.17, 15) is 20.1 Å². The maximum Gasteiger partial charge on any atom is 0.316 e. The summed E-state index contributed by atoms with van der Waals surface area (Å²) in [5, 5.41) is 34.1. The standard InChI is InChI=1S/C45H68O14/c1-23-15-16-44(58-27(23)5)21-32-18-31(59-44)14-13-25(3)40(24(2)11-10-12-30-22-52-42-38(46)26(4)17-33(43(48)55-32)45(30,42)49)56-37-20-35(51-9)41(29(7)54-37)57-36-19-34(50-8)39(47)28(6)53-36/h10-13,17,23-24,27-29,31-42,46-47,49H,14-16,18-22H2,1-9H3/b11-10-,25-13+,30-12-/t23-,24-,27+,28-,29-,31+,32-,33-,34-,35-,36-,37-,38+,39-,40-,41-,42+,44-,45+/m0/s1. The molecule has 0 aromatic rings. The van der Waals surface area contributed by atoms with Crippen LogP contribution >= 0.6 is 0 Å². The smallest absolute Gasteiger partial charge is 0.316 e. The van der Waals surface area contributed by atoms with Crippen LogP contribution < -0.4 is 0 Å². The highest BCUT2D eigenvalue weighted by molar-refractivity contribution is 5.78. The van der Waals surface area contributed by atoms with Gasteiger partial charge >= 0.3 is 5.97 Å². The molecule has 14 heteroatoms. The summed E-state index contributed by atoms with van der Waals surface area (Å²) in [5.74, 6) is -2.39. The van der Waals surface area contributed by atoms with E-state index in [1.807, 2.05) is 26.0 Å². The van der Waals surface area contributed by atoms with E-state index in [1.165, 1.54) is 0 Å². The van der Waals surface area contributed by atoms with Gasteiger partial charge in [-0.3, -0.25) is 4.79 Å². The van der Waals surface area contributed by atoms with Gasteiger partial charge in [0.2, 0.25) is 0 Å². The molecule has 3 N–H and O–H groups in total. The first kappa shape index (κ1) is 45.0. The lowest BCUT2D eigenvalue weighted by Crippen LogP contribution is -2.58. The zero-order valence-corrected chi connectivity index (χ0v) is 36.2. The first-order chi connectivity index (χ1) is 28.0. The summed E-state index contributed by atoms with van der Waals surface area (Å²) in [7, 11) is 3.22. The number of hydrogen-bond donors (Lipinski definition) is 3. The van der Waals surface area contributed by atoms with Crippen LogP contribution in [0.2, 0.25) is 0 Å². The number of aliphatic hydroxyl groups excluding tert-OH is 2. The van der Waals surface area contributed by atoms with E-state index in [4.69, 9.17) is 47.4 Å². The normalized spacial score (nSPS) is 50.7. The third kappa shape index (κ3) is 9.21. The SMILES string of the molecule is CO[C@H]1C[C@H](O[C@H]2[C@H](C)O[C@@H](O[C@@H]3/C(C)=C/C[C@@H]4C[C@@H](C[C@]5(CC[C@H](C)[C@@H](C)O5)O4)OC(=O)[C@@H]4C=C(C)[C@@H](O)[C@H]5OC/C(=C/C=C\[C@@H]3C)[C@]54O)C[C@@H]2OC)O[C@@H](C)[C@@H]1O. The molecule has 0 aromatic carbocycles. The summed E-state index contributed by atoms with van der Waals surface area (Å²) in [6, 6.07) is 0. The number of aliphatic hydroxyl groups is 3. The molecule has 6 aliphatic heterocycles. The second-order valence-corrected chi connectivity index (χ2v) is 18.2. The first-order valence-corrected chi connectivity index (χ1v) is 21.7. The Hall–Kier alpha value is -2.05. The van der Waals surface area contributed by atoms with Crippen molar-refractivity contribution in [3.8, 4) is 0 Å². The quantitative estimate of drug-likeness (QED) is 0.251. The molecule has 5 saturated heterocycles. The van der Waals surface area contributed by atoms with Gasteiger partial charge in [0.25, 0.3) is 0 Å². The van der Waals surface area contributed by atoms with Crippen LogP contribution in [0.15, 0.2) is 47.1 Å². The molecule has 0 aromatic heterocycles. The van der Waals surface area contributed by atoms with E-state index >= 15 is 0 Å². The minimum atomic E-state index is -1.81. The summed E-state index contributed by atoms with van der Waals surface area (Å²) in [5.41, 5.74) is 0.186.